The molecule has 3 nitrogen and oxygen atoms in total. The number of nitrogens with one attached hydrogen (secondary N) is 1. The zero-order valence-electron chi connectivity index (χ0n) is 11.1. The molecule has 1 aromatic rings. The van der Waals surface area contributed by atoms with Crippen LogP contribution in [-0.4, -0.2) is 19.7 Å². The summed E-state index contributed by atoms with van der Waals surface area (Å²) in [6.45, 7) is 6.33. The highest BCUT2D eigenvalue weighted by Crippen LogP contribution is 2.14. The van der Waals surface area contributed by atoms with Crippen molar-refractivity contribution in [3.05, 3.63) is 35.4 Å². The van der Waals surface area contributed by atoms with Gasteiger partial charge in [0.25, 0.3) is 0 Å². The van der Waals surface area contributed by atoms with Crippen molar-refractivity contribution in [2.24, 2.45) is 0 Å². The van der Waals surface area contributed by atoms with Crippen molar-refractivity contribution in [3.8, 4) is 11.8 Å². The van der Waals surface area contributed by atoms with E-state index in [1.54, 1.807) is 0 Å². The van der Waals surface area contributed by atoms with Gasteiger partial charge in [-0.15, -0.1) is 0 Å². The minimum Gasteiger partial charge on any atom is -0.479 e. The fraction of sp³-hybridized carbons (Fsp3) is 0.400. The van der Waals surface area contributed by atoms with Gasteiger partial charge < -0.3 is 10.1 Å². The second-order valence-corrected chi connectivity index (χ2v) is 4.18. The Bertz CT molecular complexity index is 415. The van der Waals surface area contributed by atoms with Gasteiger partial charge in [-0.1, -0.05) is 30.7 Å². The third-order valence-corrected chi connectivity index (χ3v) is 2.43. The van der Waals surface area contributed by atoms with E-state index in [4.69, 9.17) is 10.00 Å². The Morgan fingerprint density at radius 1 is 1.39 bits per heavy atom. The molecule has 0 unspecified atom stereocenters. The van der Waals surface area contributed by atoms with E-state index in [0.717, 1.165) is 30.8 Å². The number of hydrogen-bond acceptors (Lipinski definition) is 3. The smallest absolute Gasteiger partial charge is 0.174 e. The molecule has 0 fully saturated rings. The summed E-state index contributed by atoms with van der Waals surface area (Å²) in [5.41, 5.74) is 2.45. The van der Waals surface area contributed by atoms with Crippen LogP contribution in [0.25, 0.3) is 6.08 Å². The van der Waals surface area contributed by atoms with Gasteiger partial charge in [0.2, 0.25) is 0 Å². The first-order valence-corrected chi connectivity index (χ1v) is 6.24. The van der Waals surface area contributed by atoms with Crippen LogP contribution in [0, 0.1) is 11.3 Å². The summed E-state index contributed by atoms with van der Waals surface area (Å²) in [5, 5.41) is 11.8. The van der Waals surface area contributed by atoms with Crippen molar-refractivity contribution in [1.29, 1.82) is 5.26 Å². The van der Waals surface area contributed by atoms with Crippen LogP contribution < -0.4 is 10.1 Å². The second-order valence-electron chi connectivity index (χ2n) is 4.18. The molecule has 0 heterocycles. The van der Waals surface area contributed by atoms with E-state index in [1.165, 1.54) is 5.57 Å². The molecular formula is C15H20N2O. The quantitative estimate of drug-likeness (QED) is 0.750. The molecule has 3 heteroatoms. The molecule has 96 valence electrons. The molecule has 1 N–H and O–H groups in total. The molecule has 0 aliphatic rings. The van der Waals surface area contributed by atoms with Crippen LogP contribution in [0.15, 0.2) is 29.8 Å². The summed E-state index contributed by atoms with van der Waals surface area (Å²) >= 11 is 0. The number of nitriles is 1. The van der Waals surface area contributed by atoms with Crippen LogP contribution in [0.1, 0.15) is 25.8 Å². The highest BCUT2D eigenvalue weighted by molar-refractivity contribution is 5.53. The highest BCUT2D eigenvalue weighted by Gasteiger charge is 1.94. The lowest BCUT2D eigenvalue weighted by Crippen LogP contribution is -2.16. The monoisotopic (exact) mass is 244 g/mol. The third kappa shape index (κ3) is 5.51. The fourth-order valence-corrected chi connectivity index (χ4v) is 1.57. The Balaban J connectivity index is 2.51. The summed E-state index contributed by atoms with van der Waals surface area (Å²) in [6, 6.07) is 9.71. The maximum Gasteiger partial charge on any atom is 0.174 e. The van der Waals surface area contributed by atoms with Gasteiger partial charge in [0.15, 0.2) is 6.61 Å². The molecule has 0 saturated heterocycles. The zero-order valence-corrected chi connectivity index (χ0v) is 11.1. The molecule has 0 amide bonds. The SMILES string of the molecule is CCCNCC(C)=Cc1ccc(OCC#N)cc1. The van der Waals surface area contributed by atoms with Gasteiger partial charge >= 0.3 is 0 Å². The standard InChI is InChI=1S/C15H20N2O/c1-3-9-17-12-13(2)11-14-4-6-15(7-5-14)18-10-8-16/h4-7,11,17H,3,9-10,12H2,1-2H3. The topological polar surface area (TPSA) is 45.0 Å². The summed E-state index contributed by atoms with van der Waals surface area (Å²) in [5.74, 6) is 0.732. The lowest BCUT2D eigenvalue weighted by atomic mass is 10.1. The predicted octanol–water partition coefficient (Wildman–Crippen LogP) is 2.99. The Hall–Kier alpha value is -1.79. The minimum absolute atomic E-state index is 0.0924. The average molecular weight is 244 g/mol. The first-order chi connectivity index (χ1) is 8.76. The molecule has 0 aliphatic heterocycles. The number of nitrogens with zero attached hydrogens (tertiary/aromatic N) is 1. The van der Waals surface area contributed by atoms with Crippen LogP contribution >= 0.6 is 0 Å². The molecular weight excluding hydrogens is 224 g/mol. The molecule has 0 aliphatic carbocycles. The van der Waals surface area contributed by atoms with E-state index in [1.807, 2.05) is 30.3 Å². The van der Waals surface area contributed by atoms with Crippen LogP contribution in [0.5, 0.6) is 5.75 Å². The van der Waals surface area contributed by atoms with Crippen molar-refractivity contribution >= 4 is 6.08 Å². The van der Waals surface area contributed by atoms with E-state index in [-0.39, 0.29) is 6.61 Å². The van der Waals surface area contributed by atoms with Crippen molar-refractivity contribution < 1.29 is 4.74 Å². The third-order valence-electron chi connectivity index (χ3n) is 2.43. The molecule has 18 heavy (non-hydrogen) atoms. The van der Waals surface area contributed by atoms with Crippen molar-refractivity contribution in [3.63, 3.8) is 0 Å². The van der Waals surface area contributed by atoms with Crippen molar-refractivity contribution in [2.45, 2.75) is 20.3 Å². The van der Waals surface area contributed by atoms with E-state index < -0.39 is 0 Å². The van der Waals surface area contributed by atoms with Gasteiger partial charge in [-0.05, 0) is 37.6 Å². The number of benzene rings is 1. The average Bonchev–Trinajstić information content (AvgIpc) is 2.38. The van der Waals surface area contributed by atoms with Crippen LogP contribution in [0.4, 0.5) is 0 Å². The lowest BCUT2D eigenvalue weighted by molar-refractivity contribution is 0.368. The number of ether oxygens (including phenoxy) is 1. The highest BCUT2D eigenvalue weighted by atomic mass is 16.5. The molecule has 1 aromatic carbocycles. The van der Waals surface area contributed by atoms with Gasteiger partial charge in [0.05, 0.1) is 0 Å². The van der Waals surface area contributed by atoms with Gasteiger partial charge in [0, 0.05) is 6.54 Å². The number of rotatable bonds is 7. The molecule has 0 saturated carbocycles. The van der Waals surface area contributed by atoms with Gasteiger partial charge in [0.1, 0.15) is 11.8 Å². The Morgan fingerprint density at radius 3 is 2.72 bits per heavy atom. The maximum absolute atomic E-state index is 8.41. The second kappa shape index (κ2) is 8.32. The summed E-state index contributed by atoms with van der Waals surface area (Å²) in [7, 11) is 0. The molecule has 0 atom stereocenters. The first kappa shape index (κ1) is 14.3. The molecule has 0 aromatic heterocycles. The molecule has 0 radical (unpaired) electrons. The summed E-state index contributed by atoms with van der Waals surface area (Å²) < 4.78 is 5.20. The van der Waals surface area contributed by atoms with Crippen molar-refractivity contribution in [2.75, 3.05) is 19.7 Å². The largest absolute Gasteiger partial charge is 0.479 e. The normalized spacial score (nSPS) is 11.1. The molecule has 1 rings (SSSR count). The van der Waals surface area contributed by atoms with E-state index in [0.29, 0.717) is 0 Å². The van der Waals surface area contributed by atoms with E-state index in [9.17, 15) is 0 Å². The summed E-state index contributed by atoms with van der Waals surface area (Å²) in [6.07, 6.45) is 3.30. The number of hydrogen-bond donors (Lipinski definition) is 1. The van der Waals surface area contributed by atoms with Crippen LogP contribution in [-0.2, 0) is 0 Å². The van der Waals surface area contributed by atoms with E-state index >= 15 is 0 Å². The minimum atomic E-state index is 0.0924. The van der Waals surface area contributed by atoms with Gasteiger partial charge in [-0.2, -0.15) is 5.26 Å². The Labute approximate surface area is 109 Å². The summed E-state index contributed by atoms with van der Waals surface area (Å²) in [4.78, 5) is 0. The van der Waals surface area contributed by atoms with Crippen LogP contribution in [0.2, 0.25) is 0 Å². The predicted molar refractivity (Wildman–Crippen MR) is 74.4 cm³/mol. The van der Waals surface area contributed by atoms with Crippen molar-refractivity contribution in [1.82, 2.24) is 5.32 Å². The van der Waals surface area contributed by atoms with E-state index in [2.05, 4.69) is 25.2 Å². The maximum atomic E-state index is 8.41. The first-order valence-electron chi connectivity index (χ1n) is 6.24. The van der Waals surface area contributed by atoms with Gasteiger partial charge in [-0.3, -0.25) is 0 Å². The molecule has 0 bridgehead atoms. The van der Waals surface area contributed by atoms with Crippen LogP contribution in [0.3, 0.4) is 0 Å². The Kier molecular flexibility index (Phi) is 6.60. The lowest BCUT2D eigenvalue weighted by Gasteiger charge is -2.04. The fourth-order valence-electron chi connectivity index (χ4n) is 1.57. The van der Waals surface area contributed by atoms with Gasteiger partial charge in [-0.25, -0.2) is 0 Å². The Morgan fingerprint density at radius 2 is 2.11 bits per heavy atom. The zero-order chi connectivity index (χ0) is 13.2. The molecule has 0 spiro atoms.